The average molecular weight is 272 g/mol. The number of nitrogens with zero attached hydrogens (tertiary/aromatic N) is 2. The second-order valence-electron chi connectivity index (χ2n) is 2.82. The third-order valence-corrected chi connectivity index (χ3v) is 2.50. The number of aliphatic imine (C=N–C) groups is 1. The van der Waals surface area contributed by atoms with Crippen molar-refractivity contribution in [3.05, 3.63) is 27.6 Å². The van der Waals surface area contributed by atoms with Gasteiger partial charge in [-0.15, -0.1) is 0 Å². The molecule has 2 rings (SSSR count). The molecule has 0 bridgehead atoms. The molecule has 2 heterocycles. The highest BCUT2D eigenvalue weighted by molar-refractivity contribution is 14.1. The zero-order chi connectivity index (χ0) is 8.39. The van der Waals surface area contributed by atoms with Crippen LogP contribution in [0.25, 0.3) is 0 Å². The SMILES string of the molecule is Ic1cncc(C2=NCCC2)c1. The van der Waals surface area contributed by atoms with E-state index in [2.05, 4.69) is 38.6 Å². The van der Waals surface area contributed by atoms with Gasteiger partial charge in [0.2, 0.25) is 0 Å². The Morgan fingerprint density at radius 2 is 2.25 bits per heavy atom. The van der Waals surface area contributed by atoms with Gasteiger partial charge in [-0.05, 0) is 41.5 Å². The van der Waals surface area contributed by atoms with Crippen LogP contribution in [0.3, 0.4) is 0 Å². The second-order valence-corrected chi connectivity index (χ2v) is 4.07. The molecule has 0 saturated heterocycles. The maximum atomic E-state index is 4.42. The van der Waals surface area contributed by atoms with Gasteiger partial charge in [0.1, 0.15) is 0 Å². The van der Waals surface area contributed by atoms with E-state index in [1.165, 1.54) is 21.3 Å². The standard InChI is InChI=1S/C9H9IN2/c10-8-4-7(5-11-6-8)9-2-1-3-12-9/h4-6H,1-3H2. The van der Waals surface area contributed by atoms with Crippen LogP contribution >= 0.6 is 22.6 Å². The minimum absolute atomic E-state index is 0.987. The van der Waals surface area contributed by atoms with Crippen molar-refractivity contribution in [1.29, 1.82) is 0 Å². The van der Waals surface area contributed by atoms with Crippen LogP contribution in [0.1, 0.15) is 18.4 Å². The number of hydrogen-bond donors (Lipinski definition) is 0. The summed E-state index contributed by atoms with van der Waals surface area (Å²) in [6, 6.07) is 2.14. The number of aromatic nitrogens is 1. The molecular weight excluding hydrogens is 263 g/mol. The molecule has 12 heavy (non-hydrogen) atoms. The summed E-state index contributed by atoms with van der Waals surface area (Å²) in [5, 5.41) is 0. The molecule has 0 aliphatic carbocycles. The van der Waals surface area contributed by atoms with Gasteiger partial charge in [0, 0.05) is 33.8 Å². The molecule has 0 radical (unpaired) electrons. The normalized spacial score (nSPS) is 16.2. The fourth-order valence-corrected chi connectivity index (χ4v) is 1.84. The third kappa shape index (κ3) is 1.65. The van der Waals surface area contributed by atoms with E-state index in [0.29, 0.717) is 0 Å². The fourth-order valence-electron chi connectivity index (χ4n) is 1.34. The largest absolute Gasteiger partial charge is 0.289 e. The van der Waals surface area contributed by atoms with E-state index >= 15 is 0 Å². The van der Waals surface area contributed by atoms with E-state index in [4.69, 9.17) is 0 Å². The Morgan fingerprint density at radius 1 is 1.33 bits per heavy atom. The Bertz CT molecular complexity index is 320. The van der Waals surface area contributed by atoms with Gasteiger partial charge in [0.05, 0.1) is 0 Å². The van der Waals surface area contributed by atoms with Gasteiger partial charge in [-0.2, -0.15) is 0 Å². The first-order valence-electron chi connectivity index (χ1n) is 4.00. The van der Waals surface area contributed by atoms with E-state index in [-0.39, 0.29) is 0 Å². The molecule has 0 fully saturated rings. The third-order valence-electron chi connectivity index (χ3n) is 1.91. The van der Waals surface area contributed by atoms with E-state index in [0.717, 1.165) is 13.0 Å². The van der Waals surface area contributed by atoms with Crippen LogP contribution in [0, 0.1) is 3.57 Å². The predicted octanol–water partition coefficient (Wildman–Crippen LogP) is 2.27. The first-order valence-corrected chi connectivity index (χ1v) is 5.08. The van der Waals surface area contributed by atoms with E-state index in [1.807, 2.05) is 12.4 Å². The summed E-state index contributed by atoms with van der Waals surface area (Å²) in [5.74, 6) is 0. The number of hydrogen-bond acceptors (Lipinski definition) is 2. The molecule has 0 spiro atoms. The number of rotatable bonds is 1. The van der Waals surface area contributed by atoms with Crippen molar-refractivity contribution in [1.82, 2.24) is 4.98 Å². The van der Waals surface area contributed by atoms with Crippen molar-refractivity contribution < 1.29 is 0 Å². The molecule has 1 aliphatic rings. The van der Waals surface area contributed by atoms with Crippen LogP contribution in [-0.4, -0.2) is 17.2 Å². The summed E-state index contributed by atoms with van der Waals surface area (Å²) < 4.78 is 1.18. The Hall–Kier alpha value is -0.450. The summed E-state index contributed by atoms with van der Waals surface area (Å²) >= 11 is 2.27. The van der Waals surface area contributed by atoms with E-state index < -0.39 is 0 Å². The molecule has 2 nitrogen and oxygen atoms in total. The fraction of sp³-hybridized carbons (Fsp3) is 0.333. The van der Waals surface area contributed by atoms with Crippen LogP contribution < -0.4 is 0 Å². The summed E-state index contributed by atoms with van der Waals surface area (Å²) in [5.41, 5.74) is 2.42. The summed E-state index contributed by atoms with van der Waals surface area (Å²) in [6.07, 6.45) is 6.06. The molecule has 0 saturated carbocycles. The average Bonchev–Trinajstić information content (AvgIpc) is 2.56. The van der Waals surface area contributed by atoms with E-state index in [1.54, 1.807) is 0 Å². The van der Waals surface area contributed by atoms with Gasteiger partial charge >= 0.3 is 0 Å². The lowest BCUT2D eigenvalue weighted by atomic mass is 10.1. The first-order chi connectivity index (χ1) is 5.86. The molecule has 0 N–H and O–H groups in total. The second kappa shape index (κ2) is 3.51. The van der Waals surface area contributed by atoms with Crippen molar-refractivity contribution in [2.45, 2.75) is 12.8 Å². The Kier molecular flexibility index (Phi) is 2.39. The van der Waals surface area contributed by atoms with Crippen LogP contribution in [0.15, 0.2) is 23.5 Å². The minimum atomic E-state index is 0.987. The molecule has 0 amide bonds. The summed E-state index contributed by atoms with van der Waals surface area (Å²) in [6.45, 7) is 0.987. The van der Waals surface area contributed by atoms with Crippen molar-refractivity contribution in [3.8, 4) is 0 Å². The number of pyridine rings is 1. The van der Waals surface area contributed by atoms with Crippen molar-refractivity contribution in [3.63, 3.8) is 0 Å². The Labute approximate surface area is 85.3 Å². The highest BCUT2D eigenvalue weighted by Crippen LogP contribution is 2.13. The van der Waals surface area contributed by atoms with Crippen molar-refractivity contribution >= 4 is 28.3 Å². The topological polar surface area (TPSA) is 25.2 Å². The highest BCUT2D eigenvalue weighted by Gasteiger charge is 2.08. The Morgan fingerprint density at radius 3 is 2.92 bits per heavy atom. The van der Waals surface area contributed by atoms with Gasteiger partial charge in [0.15, 0.2) is 0 Å². The quantitative estimate of drug-likeness (QED) is 0.720. The van der Waals surface area contributed by atoms with Gasteiger partial charge in [-0.1, -0.05) is 0 Å². The molecule has 1 aliphatic heterocycles. The van der Waals surface area contributed by atoms with E-state index in [9.17, 15) is 0 Å². The first kappa shape index (κ1) is 8.16. The van der Waals surface area contributed by atoms with Gasteiger partial charge in [0.25, 0.3) is 0 Å². The molecule has 1 aromatic rings. The highest BCUT2D eigenvalue weighted by atomic mass is 127. The number of halogens is 1. The van der Waals surface area contributed by atoms with Crippen LogP contribution in [0.5, 0.6) is 0 Å². The van der Waals surface area contributed by atoms with Gasteiger partial charge in [-0.3, -0.25) is 9.98 Å². The smallest absolute Gasteiger partial charge is 0.0437 e. The molecule has 0 atom stereocenters. The maximum absolute atomic E-state index is 4.42. The molecule has 0 unspecified atom stereocenters. The van der Waals surface area contributed by atoms with Gasteiger partial charge < -0.3 is 0 Å². The van der Waals surface area contributed by atoms with Gasteiger partial charge in [-0.25, -0.2) is 0 Å². The zero-order valence-corrected chi connectivity index (χ0v) is 8.78. The van der Waals surface area contributed by atoms with Crippen LogP contribution in [0.2, 0.25) is 0 Å². The summed E-state index contributed by atoms with van der Waals surface area (Å²) in [4.78, 5) is 8.56. The van der Waals surface area contributed by atoms with Crippen molar-refractivity contribution in [2.75, 3.05) is 6.54 Å². The minimum Gasteiger partial charge on any atom is -0.289 e. The maximum Gasteiger partial charge on any atom is 0.0437 e. The zero-order valence-electron chi connectivity index (χ0n) is 6.63. The lowest BCUT2D eigenvalue weighted by Gasteiger charge is -1.98. The molecule has 3 heteroatoms. The Balaban J connectivity index is 2.33. The molecule has 1 aromatic heterocycles. The molecule has 0 aromatic carbocycles. The predicted molar refractivity (Wildman–Crippen MR) is 57.6 cm³/mol. The van der Waals surface area contributed by atoms with Crippen LogP contribution in [-0.2, 0) is 0 Å². The monoisotopic (exact) mass is 272 g/mol. The summed E-state index contributed by atoms with van der Waals surface area (Å²) in [7, 11) is 0. The molecule has 62 valence electrons. The lowest BCUT2D eigenvalue weighted by molar-refractivity contribution is 0.951. The van der Waals surface area contributed by atoms with Crippen LogP contribution in [0.4, 0.5) is 0 Å². The lowest BCUT2D eigenvalue weighted by Crippen LogP contribution is -1.96. The molecular formula is C9H9IN2. The van der Waals surface area contributed by atoms with Crippen molar-refractivity contribution in [2.24, 2.45) is 4.99 Å².